The minimum Gasteiger partial charge on any atom is -0.444 e. The van der Waals surface area contributed by atoms with Gasteiger partial charge in [-0.1, -0.05) is 36.9 Å². The second kappa shape index (κ2) is 5.71. The van der Waals surface area contributed by atoms with Crippen molar-refractivity contribution in [3.05, 3.63) is 42.0 Å². The van der Waals surface area contributed by atoms with Crippen LogP contribution in [0.4, 0.5) is 4.79 Å². The Balaban J connectivity index is 2.73. The Morgan fingerprint density at radius 2 is 2.00 bits per heavy atom. The Morgan fingerprint density at radius 1 is 1.39 bits per heavy atom. The van der Waals surface area contributed by atoms with E-state index in [1.807, 2.05) is 52.0 Å². The molecule has 1 aromatic carbocycles. The van der Waals surface area contributed by atoms with Crippen LogP contribution < -0.4 is 5.32 Å². The normalized spacial score (nSPS) is 12.7. The SMILES string of the molecule is C=Cc1ccccc1[C@H](C)NC(=O)OC(C)(C)C. The maximum Gasteiger partial charge on any atom is 0.408 e. The van der Waals surface area contributed by atoms with Crippen molar-refractivity contribution in [1.29, 1.82) is 0 Å². The fourth-order valence-electron chi connectivity index (χ4n) is 1.65. The lowest BCUT2D eigenvalue weighted by atomic mass is 10.0. The highest BCUT2D eigenvalue weighted by molar-refractivity contribution is 5.69. The van der Waals surface area contributed by atoms with Crippen molar-refractivity contribution in [2.45, 2.75) is 39.3 Å². The quantitative estimate of drug-likeness (QED) is 0.879. The van der Waals surface area contributed by atoms with E-state index < -0.39 is 11.7 Å². The molecule has 0 saturated heterocycles. The number of ether oxygens (including phenoxy) is 1. The van der Waals surface area contributed by atoms with E-state index in [1.54, 1.807) is 6.08 Å². The highest BCUT2D eigenvalue weighted by Crippen LogP contribution is 2.19. The number of amides is 1. The van der Waals surface area contributed by atoms with Gasteiger partial charge in [-0.3, -0.25) is 0 Å². The first-order valence-corrected chi connectivity index (χ1v) is 6.04. The summed E-state index contributed by atoms with van der Waals surface area (Å²) in [5.41, 5.74) is 1.56. The zero-order valence-electron chi connectivity index (χ0n) is 11.5. The maximum atomic E-state index is 11.7. The smallest absolute Gasteiger partial charge is 0.408 e. The summed E-state index contributed by atoms with van der Waals surface area (Å²) in [7, 11) is 0. The minimum absolute atomic E-state index is 0.117. The van der Waals surface area contributed by atoms with Crippen LogP contribution in [0, 0.1) is 0 Å². The first-order chi connectivity index (χ1) is 8.33. The molecule has 0 radical (unpaired) electrons. The van der Waals surface area contributed by atoms with Gasteiger partial charge in [-0.25, -0.2) is 4.79 Å². The van der Waals surface area contributed by atoms with Crippen molar-refractivity contribution in [3.8, 4) is 0 Å². The fourth-order valence-corrected chi connectivity index (χ4v) is 1.65. The lowest BCUT2D eigenvalue weighted by Crippen LogP contribution is -2.34. The molecule has 0 aromatic heterocycles. The molecule has 0 saturated carbocycles. The van der Waals surface area contributed by atoms with Crippen LogP contribution in [0.2, 0.25) is 0 Å². The average Bonchev–Trinajstić information content (AvgIpc) is 2.26. The molecule has 1 atom stereocenters. The Hall–Kier alpha value is -1.77. The van der Waals surface area contributed by atoms with E-state index in [0.29, 0.717) is 0 Å². The van der Waals surface area contributed by atoms with E-state index in [9.17, 15) is 4.79 Å². The lowest BCUT2D eigenvalue weighted by molar-refractivity contribution is 0.0508. The van der Waals surface area contributed by atoms with Gasteiger partial charge in [0.2, 0.25) is 0 Å². The van der Waals surface area contributed by atoms with Gasteiger partial charge in [0.05, 0.1) is 6.04 Å². The first-order valence-electron chi connectivity index (χ1n) is 6.04. The van der Waals surface area contributed by atoms with Crippen LogP contribution in [0.1, 0.15) is 44.9 Å². The minimum atomic E-state index is -0.484. The third kappa shape index (κ3) is 4.24. The van der Waals surface area contributed by atoms with Gasteiger partial charge in [-0.15, -0.1) is 0 Å². The van der Waals surface area contributed by atoms with Crippen LogP contribution in [-0.2, 0) is 4.74 Å². The van der Waals surface area contributed by atoms with Crippen molar-refractivity contribution in [2.24, 2.45) is 0 Å². The standard InChI is InChI=1S/C15H21NO2/c1-6-12-9-7-8-10-13(12)11(2)16-14(17)18-15(3,4)5/h6-11H,1H2,2-5H3,(H,16,17)/t11-/m0/s1. The molecular weight excluding hydrogens is 226 g/mol. The van der Waals surface area contributed by atoms with Crippen molar-refractivity contribution in [3.63, 3.8) is 0 Å². The highest BCUT2D eigenvalue weighted by Gasteiger charge is 2.18. The highest BCUT2D eigenvalue weighted by atomic mass is 16.6. The maximum absolute atomic E-state index is 11.7. The summed E-state index contributed by atoms with van der Waals surface area (Å²) in [6.45, 7) is 11.2. The number of hydrogen-bond donors (Lipinski definition) is 1. The molecule has 0 fully saturated rings. The summed E-state index contributed by atoms with van der Waals surface area (Å²) in [5, 5.41) is 2.82. The monoisotopic (exact) mass is 247 g/mol. The fraction of sp³-hybridized carbons (Fsp3) is 0.400. The van der Waals surface area contributed by atoms with E-state index in [1.165, 1.54) is 0 Å². The van der Waals surface area contributed by atoms with Crippen LogP contribution in [0.3, 0.4) is 0 Å². The van der Waals surface area contributed by atoms with Gasteiger partial charge in [-0.2, -0.15) is 0 Å². The van der Waals surface area contributed by atoms with Crippen molar-refractivity contribution in [2.75, 3.05) is 0 Å². The van der Waals surface area contributed by atoms with Crippen LogP contribution in [0.5, 0.6) is 0 Å². The molecule has 1 aromatic rings. The summed E-state index contributed by atoms with van der Waals surface area (Å²) in [6.07, 6.45) is 1.37. The molecule has 3 nitrogen and oxygen atoms in total. The molecule has 3 heteroatoms. The molecule has 1 N–H and O–H groups in total. The summed E-state index contributed by atoms with van der Waals surface area (Å²) >= 11 is 0. The first kappa shape index (κ1) is 14.3. The van der Waals surface area contributed by atoms with E-state index in [2.05, 4.69) is 11.9 Å². The number of nitrogens with one attached hydrogen (secondary N) is 1. The van der Waals surface area contributed by atoms with Gasteiger partial charge >= 0.3 is 6.09 Å². The number of hydrogen-bond acceptors (Lipinski definition) is 2. The van der Waals surface area contributed by atoms with Crippen molar-refractivity contribution in [1.82, 2.24) is 5.32 Å². The van der Waals surface area contributed by atoms with Gasteiger partial charge in [0.25, 0.3) is 0 Å². The van der Waals surface area contributed by atoms with Gasteiger partial charge in [-0.05, 0) is 38.8 Å². The molecule has 1 rings (SSSR count). The average molecular weight is 247 g/mol. The Bertz CT molecular complexity index is 432. The predicted octanol–water partition coefficient (Wildman–Crippen LogP) is 3.92. The second-order valence-corrected chi connectivity index (χ2v) is 5.20. The largest absolute Gasteiger partial charge is 0.444 e. The van der Waals surface area contributed by atoms with Gasteiger partial charge in [0.1, 0.15) is 5.60 Å². The van der Waals surface area contributed by atoms with Crippen LogP contribution >= 0.6 is 0 Å². The van der Waals surface area contributed by atoms with Gasteiger partial charge in [0.15, 0.2) is 0 Å². The Morgan fingerprint density at radius 3 is 2.56 bits per heavy atom. The molecule has 0 bridgehead atoms. The molecular formula is C15H21NO2. The molecule has 0 aliphatic rings. The van der Waals surface area contributed by atoms with E-state index in [0.717, 1.165) is 11.1 Å². The summed E-state index contributed by atoms with van der Waals surface area (Å²) in [4.78, 5) is 11.7. The van der Waals surface area contributed by atoms with E-state index in [-0.39, 0.29) is 6.04 Å². The molecule has 98 valence electrons. The molecule has 0 aliphatic heterocycles. The molecule has 18 heavy (non-hydrogen) atoms. The molecule has 0 spiro atoms. The lowest BCUT2D eigenvalue weighted by Gasteiger charge is -2.22. The van der Waals surface area contributed by atoms with E-state index in [4.69, 9.17) is 4.74 Å². The zero-order valence-corrected chi connectivity index (χ0v) is 11.5. The van der Waals surface area contributed by atoms with E-state index >= 15 is 0 Å². The van der Waals surface area contributed by atoms with Crippen molar-refractivity contribution < 1.29 is 9.53 Å². The third-order valence-electron chi connectivity index (χ3n) is 2.42. The molecule has 0 heterocycles. The summed E-state index contributed by atoms with van der Waals surface area (Å²) in [6, 6.07) is 7.71. The number of alkyl carbamates (subject to hydrolysis) is 1. The summed E-state index contributed by atoms with van der Waals surface area (Å²) in [5.74, 6) is 0. The van der Waals surface area contributed by atoms with Crippen LogP contribution in [0.25, 0.3) is 6.08 Å². The molecule has 1 amide bonds. The Kier molecular flexibility index (Phi) is 4.54. The number of rotatable bonds is 3. The Labute approximate surface area is 109 Å². The zero-order chi connectivity index (χ0) is 13.8. The molecule has 0 unspecified atom stereocenters. The topological polar surface area (TPSA) is 38.3 Å². The van der Waals surface area contributed by atoms with Crippen molar-refractivity contribution >= 4 is 12.2 Å². The predicted molar refractivity (Wildman–Crippen MR) is 74.3 cm³/mol. The second-order valence-electron chi connectivity index (χ2n) is 5.20. The van der Waals surface area contributed by atoms with Crippen LogP contribution in [0.15, 0.2) is 30.8 Å². The van der Waals surface area contributed by atoms with Crippen LogP contribution in [-0.4, -0.2) is 11.7 Å². The van der Waals surface area contributed by atoms with Gasteiger partial charge in [0, 0.05) is 0 Å². The number of carbonyl (C=O) groups excluding carboxylic acids is 1. The number of carbonyl (C=O) groups is 1. The van der Waals surface area contributed by atoms with Gasteiger partial charge < -0.3 is 10.1 Å². The third-order valence-corrected chi connectivity index (χ3v) is 2.42. The summed E-state index contributed by atoms with van der Waals surface area (Å²) < 4.78 is 5.23. The molecule has 0 aliphatic carbocycles. The number of benzene rings is 1.